The zero-order chi connectivity index (χ0) is 19.5. The van der Waals surface area contributed by atoms with E-state index in [1.165, 1.54) is 12.4 Å². The van der Waals surface area contributed by atoms with E-state index in [-0.39, 0.29) is 0 Å². The van der Waals surface area contributed by atoms with E-state index < -0.39 is 5.82 Å². The molecule has 2 aromatic heterocycles. The maximum absolute atomic E-state index is 14.1. The highest BCUT2D eigenvalue weighted by molar-refractivity contribution is 9.10. The van der Waals surface area contributed by atoms with Gasteiger partial charge in [0.15, 0.2) is 11.6 Å². The van der Waals surface area contributed by atoms with E-state index in [4.69, 9.17) is 5.73 Å². The number of piperazine rings is 1. The average Bonchev–Trinajstić information content (AvgIpc) is 2.72. The SMILES string of the molecule is Nc1c(Nc2ccc(Br)cc2F)ncnc1N1CCN(c2ccccn2)CC1. The number of anilines is 5. The van der Waals surface area contributed by atoms with Crippen LogP contribution in [0.4, 0.5) is 33.2 Å². The Labute approximate surface area is 170 Å². The van der Waals surface area contributed by atoms with Crippen molar-refractivity contribution in [2.75, 3.05) is 47.0 Å². The third-order valence-corrected chi connectivity index (χ3v) is 5.09. The highest BCUT2D eigenvalue weighted by Crippen LogP contribution is 2.31. The Morgan fingerprint density at radius 1 is 1.00 bits per heavy atom. The van der Waals surface area contributed by atoms with Crippen molar-refractivity contribution < 1.29 is 4.39 Å². The van der Waals surface area contributed by atoms with Crippen molar-refractivity contribution in [3.8, 4) is 0 Å². The summed E-state index contributed by atoms with van der Waals surface area (Å²) in [7, 11) is 0. The molecular formula is C19H19BrFN7. The van der Waals surface area contributed by atoms with Crippen LogP contribution in [0.15, 0.2) is 53.4 Å². The molecule has 1 saturated heterocycles. The van der Waals surface area contributed by atoms with E-state index in [0.717, 1.165) is 32.0 Å². The van der Waals surface area contributed by atoms with Crippen molar-refractivity contribution in [2.24, 2.45) is 0 Å². The summed E-state index contributed by atoms with van der Waals surface area (Å²) >= 11 is 3.25. The lowest BCUT2D eigenvalue weighted by Gasteiger charge is -2.36. The minimum Gasteiger partial charge on any atom is -0.393 e. The first-order valence-corrected chi connectivity index (χ1v) is 9.64. The van der Waals surface area contributed by atoms with E-state index in [1.54, 1.807) is 18.3 Å². The lowest BCUT2D eigenvalue weighted by molar-refractivity contribution is 0.631. The predicted octanol–water partition coefficient (Wildman–Crippen LogP) is 3.43. The summed E-state index contributed by atoms with van der Waals surface area (Å²) in [5, 5.41) is 2.96. The second-order valence-corrected chi connectivity index (χ2v) is 7.29. The molecule has 1 aliphatic rings. The van der Waals surface area contributed by atoms with Gasteiger partial charge in [-0.2, -0.15) is 0 Å². The fourth-order valence-electron chi connectivity index (χ4n) is 3.14. The smallest absolute Gasteiger partial charge is 0.159 e. The first kappa shape index (κ1) is 18.4. The number of hydrogen-bond donors (Lipinski definition) is 2. The van der Waals surface area contributed by atoms with Crippen LogP contribution in [0.3, 0.4) is 0 Å². The average molecular weight is 444 g/mol. The fourth-order valence-corrected chi connectivity index (χ4v) is 3.48. The number of nitrogens with zero attached hydrogens (tertiary/aromatic N) is 5. The summed E-state index contributed by atoms with van der Waals surface area (Å²) in [5.74, 6) is 1.61. The Bertz CT molecular complexity index is 962. The van der Waals surface area contributed by atoms with E-state index in [9.17, 15) is 4.39 Å². The maximum Gasteiger partial charge on any atom is 0.159 e. The number of nitrogen functional groups attached to an aromatic ring is 1. The fraction of sp³-hybridized carbons (Fsp3) is 0.211. The van der Waals surface area contributed by atoms with Crippen LogP contribution in [0.1, 0.15) is 0 Å². The molecule has 144 valence electrons. The van der Waals surface area contributed by atoms with E-state index in [0.29, 0.717) is 27.5 Å². The molecule has 0 bridgehead atoms. The minimum absolute atomic E-state index is 0.305. The Hall–Kier alpha value is -2.94. The lowest BCUT2D eigenvalue weighted by Crippen LogP contribution is -2.47. The highest BCUT2D eigenvalue weighted by atomic mass is 79.9. The molecule has 0 spiro atoms. The topological polar surface area (TPSA) is 83.2 Å². The van der Waals surface area contributed by atoms with Crippen molar-refractivity contribution in [3.05, 3.63) is 59.2 Å². The van der Waals surface area contributed by atoms with Gasteiger partial charge in [-0.25, -0.2) is 19.3 Å². The van der Waals surface area contributed by atoms with Gasteiger partial charge in [-0.15, -0.1) is 0 Å². The molecule has 0 aliphatic carbocycles. The molecule has 0 atom stereocenters. The summed E-state index contributed by atoms with van der Waals surface area (Å²) < 4.78 is 14.8. The second-order valence-electron chi connectivity index (χ2n) is 6.37. The molecule has 9 heteroatoms. The van der Waals surface area contributed by atoms with Gasteiger partial charge in [-0.05, 0) is 30.3 Å². The van der Waals surface area contributed by atoms with Gasteiger partial charge in [-0.1, -0.05) is 22.0 Å². The number of aromatic nitrogens is 3. The summed E-state index contributed by atoms with van der Waals surface area (Å²) in [5.41, 5.74) is 7.01. The van der Waals surface area contributed by atoms with E-state index in [2.05, 4.69) is 46.0 Å². The van der Waals surface area contributed by atoms with Gasteiger partial charge in [0.2, 0.25) is 0 Å². The summed E-state index contributed by atoms with van der Waals surface area (Å²) in [6, 6.07) is 10.7. The molecular weight excluding hydrogens is 425 g/mol. The van der Waals surface area contributed by atoms with Crippen LogP contribution in [0.2, 0.25) is 0 Å². The molecule has 3 N–H and O–H groups in total. The largest absolute Gasteiger partial charge is 0.393 e. The maximum atomic E-state index is 14.1. The molecule has 0 unspecified atom stereocenters. The van der Waals surface area contributed by atoms with Crippen LogP contribution >= 0.6 is 15.9 Å². The Morgan fingerprint density at radius 3 is 2.50 bits per heavy atom. The Morgan fingerprint density at radius 2 is 1.79 bits per heavy atom. The quantitative estimate of drug-likeness (QED) is 0.638. The summed E-state index contributed by atoms with van der Waals surface area (Å²) in [4.78, 5) is 17.3. The molecule has 0 radical (unpaired) electrons. The Balaban J connectivity index is 1.49. The number of halogens is 2. The van der Waals surface area contributed by atoms with Crippen LogP contribution in [0, 0.1) is 5.82 Å². The molecule has 0 saturated carbocycles. The number of hydrogen-bond acceptors (Lipinski definition) is 7. The first-order chi connectivity index (χ1) is 13.6. The first-order valence-electron chi connectivity index (χ1n) is 8.85. The molecule has 4 rings (SSSR count). The zero-order valence-corrected chi connectivity index (χ0v) is 16.6. The van der Waals surface area contributed by atoms with Crippen molar-refractivity contribution in [1.82, 2.24) is 15.0 Å². The van der Waals surface area contributed by atoms with Crippen LogP contribution in [-0.2, 0) is 0 Å². The monoisotopic (exact) mass is 443 g/mol. The third-order valence-electron chi connectivity index (χ3n) is 4.60. The van der Waals surface area contributed by atoms with Gasteiger partial charge >= 0.3 is 0 Å². The number of nitrogens with two attached hydrogens (primary N) is 1. The number of benzene rings is 1. The van der Waals surface area contributed by atoms with Crippen molar-refractivity contribution >= 4 is 44.8 Å². The third kappa shape index (κ3) is 3.84. The van der Waals surface area contributed by atoms with Gasteiger partial charge in [0.25, 0.3) is 0 Å². The van der Waals surface area contributed by atoms with Crippen LogP contribution in [0.5, 0.6) is 0 Å². The van der Waals surface area contributed by atoms with Gasteiger partial charge in [0.1, 0.15) is 23.6 Å². The van der Waals surface area contributed by atoms with Crippen molar-refractivity contribution in [2.45, 2.75) is 0 Å². The van der Waals surface area contributed by atoms with Crippen LogP contribution < -0.4 is 20.9 Å². The standard InChI is InChI=1S/C19H19BrFN7/c20-13-4-5-15(14(21)11-13)26-18-17(22)19(25-12-24-18)28-9-7-27(8-10-28)16-3-1-2-6-23-16/h1-6,11-12H,7-10,22H2,(H,24,25,26). The second kappa shape index (κ2) is 7.97. The number of pyridine rings is 1. The van der Waals surface area contributed by atoms with Crippen molar-refractivity contribution in [1.29, 1.82) is 0 Å². The van der Waals surface area contributed by atoms with Gasteiger partial charge in [0.05, 0.1) is 5.69 Å². The van der Waals surface area contributed by atoms with Crippen LogP contribution in [-0.4, -0.2) is 41.1 Å². The number of rotatable bonds is 4. The normalized spacial score (nSPS) is 14.2. The van der Waals surface area contributed by atoms with Gasteiger partial charge in [0, 0.05) is 36.8 Å². The predicted molar refractivity (Wildman–Crippen MR) is 112 cm³/mol. The summed E-state index contributed by atoms with van der Waals surface area (Å²) in [6.45, 7) is 3.13. The highest BCUT2D eigenvalue weighted by Gasteiger charge is 2.22. The summed E-state index contributed by atoms with van der Waals surface area (Å²) in [6.07, 6.45) is 3.24. The molecule has 28 heavy (non-hydrogen) atoms. The van der Waals surface area contributed by atoms with E-state index >= 15 is 0 Å². The number of nitrogens with one attached hydrogen (secondary N) is 1. The molecule has 1 aliphatic heterocycles. The van der Waals surface area contributed by atoms with Crippen molar-refractivity contribution in [3.63, 3.8) is 0 Å². The van der Waals surface area contributed by atoms with Gasteiger partial charge < -0.3 is 20.9 Å². The minimum atomic E-state index is -0.391. The van der Waals surface area contributed by atoms with Gasteiger partial charge in [-0.3, -0.25) is 0 Å². The van der Waals surface area contributed by atoms with E-state index in [1.807, 2.05) is 18.2 Å². The van der Waals surface area contributed by atoms with Crippen LogP contribution in [0.25, 0.3) is 0 Å². The molecule has 3 aromatic rings. The molecule has 7 nitrogen and oxygen atoms in total. The lowest BCUT2D eigenvalue weighted by atomic mass is 10.2. The molecule has 0 amide bonds. The molecule has 1 fully saturated rings. The Kier molecular flexibility index (Phi) is 5.25. The zero-order valence-electron chi connectivity index (χ0n) is 15.0. The molecule has 1 aromatic carbocycles. The molecule has 3 heterocycles.